The lowest BCUT2D eigenvalue weighted by atomic mass is 10.00. The van der Waals surface area contributed by atoms with Crippen molar-refractivity contribution < 1.29 is 9.52 Å². The molecule has 1 aromatic carbocycles. The summed E-state index contributed by atoms with van der Waals surface area (Å²) in [5, 5.41) is 20.9. The van der Waals surface area contributed by atoms with Crippen LogP contribution in [0.1, 0.15) is 22.5 Å². The standard InChI is InChI=1S/C21H26N4O2/c1-15-6-7-20(27-15)21-18(11-23-24-21)10-22-12-19(26)14-25-9-8-16-4-2-3-5-17(16)13-25/h2-7,11,19,22,26H,8-10,12-14H2,1H3,(H,23,24). The highest BCUT2D eigenvalue weighted by Gasteiger charge is 2.18. The molecule has 3 heterocycles. The van der Waals surface area contributed by atoms with Gasteiger partial charge in [-0.25, -0.2) is 0 Å². The average molecular weight is 366 g/mol. The van der Waals surface area contributed by atoms with Gasteiger partial charge in [0.25, 0.3) is 0 Å². The molecule has 0 spiro atoms. The third kappa shape index (κ3) is 4.30. The highest BCUT2D eigenvalue weighted by Crippen LogP contribution is 2.23. The molecule has 3 N–H and O–H groups in total. The van der Waals surface area contributed by atoms with Gasteiger partial charge in [-0.05, 0) is 36.6 Å². The summed E-state index contributed by atoms with van der Waals surface area (Å²) in [6, 6.07) is 12.4. The van der Waals surface area contributed by atoms with E-state index in [0.717, 1.165) is 42.3 Å². The minimum atomic E-state index is -0.406. The first-order valence-corrected chi connectivity index (χ1v) is 9.46. The van der Waals surface area contributed by atoms with Gasteiger partial charge in [0.2, 0.25) is 0 Å². The van der Waals surface area contributed by atoms with Crippen LogP contribution in [0.25, 0.3) is 11.5 Å². The first kappa shape index (κ1) is 18.0. The molecule has 0 amide bonds. The van der Waals surface area contributed by atoms with Gasteiger partial charge in [-0.1, -0.05) is 24.3 Å². The summed E-state index contributed by atoms with van der Waals surface area (Å²) in [5.74, 6) is 1.66. The van der Waals surface area contributed by atoms with Crippen molar-refractivity contribution in [1.29, 1.82) is 0 Å². The van der Waals surface area contributed by atoms with Gasteiger partial charge in [-0.2, -0.15) is 5.10 Å². The molecule has 1 atom stereocenters. The molecular weight excluding hydrogens is 340 g/mol. The Bertz CT molecular complexity index is 886. The Morgan fingerprint density at radius 2 is 2.11 bits per heavy atom. The summed E-state index contributed by atoms with van der Waals surface area (Å²) in [4.78, 5) is 2.32. The van der Waals surface area contributed by atoms with Crippen LogP contribution in [0.4, 0.5) is 0 Å². The number of aliphatic hydroxyl groups is 1. The second-order valence-corrected chi connectivity index (χ2v) is 7.22. The summed E-state index contributed by atoms with van der Waals surface area (Å²) in [5.41, 5.74) is 4.73. The largest absolute Gasteiger partial charge is 0.460 e. The molecule has 0 bridgehead atoms. The lowest BCUT2D eigenvalue weighted by Gasteiger charge is -2.30. The molecule has 0 saturated carbocycles. The van der Waals surface area contributed by atoms with Gasteiger partial charge in [0.15, 0.2) is 5.76 Å². The van der Waals surface area contributed by atoms with Crippen LogP contribution >= 0.6 is 0 Å². The Balaban J connectivity index is 1.26. The van der Waals surface area contributed by atoms with Crippen molar-refractivity contribution in [2.24, 2.45) is 0 Å². The molecule has 0 aliphatic carbocycles. The summed E-state index contributed by atoms with van der Waals surface area (Å²) in [6.07, 6.45) is 2.45. The lowest BCUT2D eigenvalue weighted by Crippen LogP contribution is -2.40. The first-order chi connectivity index (χ1) is 13.2. The second-order valence-electron chi connectivity index (χ2n) is 7.22. The molecule has 1 unspecified atom stereocenters. The SMILES string of the molecule is Cc1ccc(-c2[nH]ncc2CNCC(O)CN2CCc3ccccc3C2)o1. The van der Waals surface area contributed by atoms with Crippen LogP contribution in [0.2, 0.25) is 0 Å². The van der Waals surface area contributed by atoms with Gasteiger partial charge in [0.1, 0.15) is 11.5 Å². The van der Waals surface area contributed by atoms with Crippen molar-refractivity contribution in [1.82, 2.24) is 20.4 Å². The number of aliphatic hydroxyl groups excluding tert-OH is 1. The van der Waals surface area contributed by atoms with E-state index in [1.165, 1.54) is 11.1 Å². The number of benzene rings is 1. The molecule has 6 nitrogen and oxygen atoms in total. The Morgan fingerprint density at radius 3 is 2.93 bits per heavy atom. The number of rotatable bonds is 7. The second kappa shape index (κ2) is 8.08. The van der Waals surface area contributed by atoms with Crippen molar-refractivity contribution >= 4 is 0 Å². The summed E-state index contributed by atoms with van der Waals surface area (Å²) >= 11 is 0. The van der Waals surface area contributed by atoms with E-state index >= 15 is 0 Å². The van der Waals surface area contributed by atoms with Crippen LogP contribution in [0, 0.1) is 6.92 Å². The van der Waals surface area contributed by atoms with Crippen molar-refractivity contribution in [3.05, 3.63) is 65.0 Å². The molecule has 1 aliphatic heterocycles. The van der Waals surface area contributed by atoms with Gasteiger partial charge in [-0.3, -0.25) is 10.00 Å². The first-order valence-electron chi connectivity index (χ1n) is 9.46. The molecule has 27 heavy (non-hydrogen) atoms. The number of H-pyrrole nitrogens is 1. The van der Waals surface area contributed by atoms with E-state index in [-0.39, 0.29) is 0 Å². The van der Waals surface area contributed by atoms with Crippen LogP contribution in [0.15, 0.2) is 47.0 Å². The molecule has 142 valence electrons. The van der Waals surface area contributed by atoms with Crippen LogP contribution in [-0.4, -0.2) is 45.9 Å². The monoisotopic (exact) mass is 366 g/mol. The predicted molar refractivity (Wildman–Crippen MR) is 104 cm³/mol. The van der Waals surface area contributed by atoms with Crippen LogP contribution in [0.5, 0.6) is 0 Å². The van der Waals surface area contributed by atoms with Crippen LogP contribution < -0.4 is 5.32 Å². The normalized spacial score (nSPS) is 15.6. The number of furan rings is 1. The maximum Gasteiger partial charge on any atom is 0.152 e. The fraction of sp³-hybridized carbons (Fsp3) is 0.381. The highest BCUT2D eigenvalue weighted by molar-refractivity contribution is 5.56. The topological polar surface area (TPSA) is 77.3 Å². The van der Waals surface area contributed by atoms with Gasteiger partial charge in [0.05, 0.1) is 12.3 Å². The van der Waals surface area contributed by atoms with E-state index in [9.17, 15) is 5.11 Å². The van der Waals surface area contributed by atoms with Gasteiger partial charge in [0, 0.05) is 38.3 Å². The maximum atomic E-state index is 10.4. The maximum absolute atomic E-state index is 10.4. The van der Waals surface area contributed by atoms with E-state index in [0.29, 0.717) is 19.6 Å². The zero-order valence-corrected chi connectivity index (χ0v) is 15.6. The minimum Gasteiger partial charge on any atom is -0.460 e. The van der Waals surface area contributed by atoms with Crippen LogP contribution in [-0.2, 0) is 19.5 Å². The Kier molecular flexibility index (Phi) is 5.38. The third-order valence-electron chi connectivity index (χ3n) is 5.08. The van der Waals surface area contributed by atoms with Gasteiger partial charge >= 0.3 is 0 Å². The summed E-state index contributed by atoms with van der Waals surface area (Å²) in [7, 11) is 0. The number of aryl methyl sites for hydroxylation is 1. The zero-order chi connectivity index (χ0) is 18.6. The van der Waals surface area contributed by atoms with Gasteiger partial charge in [-0.15, -0.1) is 0 Å². The molecule has 6 heteroatoms. The van der Waals surface area contributed by atoms with E-state index in [2.05, 4.69) is 44.7 Å². The summed E-state index contributed by atoms with van der Waals surface area (Å²) < 4.78 is 5.67. The molecule has 1 aliphatic rings. The van der Waals surface area contributed by atoms with E-state index in [1.54, 1.807) is 6.20 Å². The Labute approximate surface area is 159 Å². The molecule has 3 aromatic rings. The number of hydrogen-bond acceptors (Lipinski definition) is 5. The molecular formula is C21H26N4O2. The van der Waals surface area contributed by atoms with Crippen molar-refractivity contribution in [2.45, 2.75) is 32.5 Å². The molecule has 0 saturated heterocycles. The van der Waals surface area contributed by atoms with Gasteiger partial charge < -0.3 is 14.8 Å². The van der Waals surface area contributed by atoms with E-state index in [4.69, 9.17) is 4.42 Å². The molecule has 2 aromatic heterocycles. The molecule has 0 fully saturated rings. The third-order valence-corrected chi connectivity index (χ3v) is 5.08. The fourth-order valence-electron chi connectivity index (χ4n) is 3.67. The van der Waals surface area contributed by atoms with Crippen molar-refractivity contribution in [2.75, 3.05) is 19.6 Å². The number of aromatic amines is 1. The summed E-state index contributed by atoms with van der Waals surface area (Å²) in [6.45, 7) is 5.68. The fourth-order valence-corrected chi connectivity index (χ4v) is 3.67. The predicted octanol–water partition coefficient (Wildman–Crippen LogP) is 2.49. The zero-order valence-electron chi connectivity index (χ0n) is 15.6. The number of nitrogens with zero attached hydrogens (tertiary/aromatic N) is 2. The molecule has 0 radical (unpaired) electrons. The number of β-amino-alcohol motifs (C(OH)–C–C–N with tert-alkyl or cyclic N) is 1. The Morgan fingerprint density at radius 1 is 1.26 bits per heavy atom. The quantitative estimate of drug-likeness (QED) is 0.599. The van der Waals surface area contributed by atoms with Crippen molar-refractivity contribution in [3.63, 3.8) is 0 Å². The van der Waals surface area contributed by atoms with E-state index < -0.39 is 6.10 Å². The smallest absolute Gasteiger partial charge is 0.152 e. The van der Waals surface area contributed by atoms with Crippen LogP contribution in [0.3, 0.4) is 0 Å². The molecule has 4 rings (SSSR count). The average Bonchev–Trinajstić information content (AvgIpc) is 3.30. The van der Waals surface area contributed by atoms with Crippen molar-refractivity contribution in [3.8, 4) is 11.5 Å². The number of hydrogen-bond donors (Lipinski definition) is 3. The Hall–Kier alpha value is -2.41. The number of fused-ring (bicyclic) bond motifs is 1. The number of aromatic nitrogens is 2. The minimum absolute atomic E-state index is 0.406. The highest BCUT2D eigenvalue weighted by atomic mass is 16.3. The number of nitrogens with one attached hydrogen (secondary N) is 2. The van der Waals surface area contributed by atoms with E-state index in [1.807, 2.05) is 19.1 Å². The lowest BCUT2D eigenvalue weighted by molar-refractivity contribution is 0.104.